The zero-order valence-electron chi connectivity index (χ0n) is 20.4. The third-order valence-corrected chi connectivity index (χ3v) is 6.85. The molecule has 36 heavy (non-hydrogen) atoms. The summed E-state index contributed by atoms with van der Waals surface area (Å²) in [6.45, 7) is 2.13. The van der Waals surface area contributed by atoms with Crippen molar-refractivity contribution in [3.05, 3.63) is 63.4 Å². The second-order valence-electron chi connectivity index (χ2n) is 8.78. The molecule has 2 aromatic carbocycles. The van der Waals surface area contributed by atoms with Crippen LogP contribution in [0, 0.1) is 11.2 Å². The first-order valence-electron chi connectivity index (χ1n) is 12.1. The Balaban J connectivity index is 1.50. The van der Waals surface area contributed by atoms with Crippen LogP contribution in [0.3, 0.4) is 0 Å². The molecule has 2 amide bonds. The van der Waals surface area contributed by atoms with E-state index in [1.807, 2.05) is 18.2 Å². The number of rotatable bonds is 11. The topological polar surface area (TPSA) is 121 Å². The van der Waals surface area contributed by atoms with Gasteiger partial charge in [0.05, 0.1) is 13.2 Å². The number of guanidine groups is 1. The molecule has 0 saturated carbocycles. The smallest absolute Gasteiger partial charge is 0.258 e. The van der Waals surface area contributed by atoms with Crippen molar-refractivity contribution in [2.75, 3.05) is 26.7 Å². The van der Waals surface area contributed by atoms with E-state index in [9.17, 15) is 14.0 Å². The first kappa shape index (κ1) is 27.6. The van der Waals surface area contributed by atoms with Gasteiger partial charge >= 0.3 is 0 Å². The van der Waals surface area contributed by atoms with Crippen molar-refractivity contribution >= 4 is 33.7 Å². The molecule has 0 spiro atoms. The molecule has 1 aliphatic rings. The Bertz CT molecular complexity index is 1100. The van der Waals surface area contributed by atoms with Crippen LogP contribution in [0.2, 0.25) is 0 Å². The Morgan fingerprint density at radius 2 is 2.06 bits per heavy atom. The lowest BCUT2D eigenvalue weighted by Crippen LogP contribution is -2.42. The van der Waals surface area contributed by atoms with Crippen LogP contribution in [-0.2, 0) is 17.6 Å². The van der Waals surface area contributed by atoms with Crippen molar-refractivity contribution in [3.63, 3.8) is 0 Å². The number of nitrogens with one attached hydrogen (secondary N) is 3. The summed E-state index contributed by atoms with van der Waals surface area (Å²) >= 11 is 3.44. The summed E-state index contributed by atoms with van der Waals surface area (Å²) in [6.07, 6.45) is 4.16. The van der Waals surface area contributed by atoms with Gasteiger partial charge in [0.15, 0.2) is 5.96 Å². The van der Waals surface area contributed by atoms with Crippen LogP contribution in [0.15, 0.2) is 40.9 Å². The van der Waals surface area contributed by atoms with Crippen LogP contribution in [0.25, 0.3) is 0 Å². The number of primary amides is 1. The van der Waals surface area contributed by atoms with Gasteiger partial charge in [0, 0.05) is 22.1 Å². The number of unbranched alkanes of at least 4 members (excludes halogenated alkanes) is 1. The fourth-order valence-electron chi connectivity index (χ4n) is 4.52. The molecule has 1 aliphatic heterocycles. The number of amides is 2. The predicted octanol–water partition coefficient (Wildman–Crippen LogP) is 3.37. The van der Waals surface area contributed by atoms with E-state index in [4.69, 9.17) is 15.9 Å². The third kappa shape index (κ3) is 7.51. The van der Waals surface area contributed by atoms with E-state index in [1.165, 1.54) is 12.1 Å². The van der Waals surface area contributed by atoms with Crippen LogP contribution in [0.4, 0.5) is 4.39 Å². The van der Waals surface area contributed by atoms with Gasteiger partial charge in [-0.15, -0.1) is 0 Å². The van der Waals surface area contributed by atoms with Crippen molar-refractivity contribution in [3.8, 4) is 5.75 Å². The van der Waals surface area contributed by atoms with Gasteiger partial charge < -0.3 is 15.8 Å². The lowest BCUT2D eigenvalue weighted by atomic mass is 9.98. The number of aryl methyl sites for hydroxylation is 1. The summed E-state index contributed by atoms with van der Waals surface area (Å²) in [5.74, 6) is -0.721. The molecule has 194 valence electrons. The van der Waals surface area contributed by atoms with Crippen molar-refractivity contribution in [2.24, 2.45) is 5.73 Å². The molecule has 2 aromatic rings. The van der Waals surface area contributed by atoms with Gasteiger partial charge in [-0.1, -0.05) is 22.0 Å². The highest BCUT2D eigenvalue weighted by Crippen LogP contribution is 2.25. The number of carbonyl (C=O) groups is 2. The molecule has 10 heteroatoms. The number of carbonyl (C=O) groups excluding carboxylic acids is 2. The van der Waals surface area contributed by atoms with Gasteiger partial charge in [-0.05, 0) is 87.5 Å². The quantitative estimate of drug-likeness (QED) is 0.190. The van der Waals surface area contributed by atoms with E-state index in [2.05, 4.69) is 31.5 Å². The van der Waals surface area contributed by atoms with Crippen molar-refractivity contribution in [1.82, 2.24) is 15.5 Å². The summed E-state index contributed by atoms with van der Waals surface area (Å²) in [4.78, 5) is 26.4. The van der Waals surface area contributed by atoms with E-state index in [1.54, 1.807) is 13.2 Å². The minimum Gasteiger partial charge on any atom is -0.496 e. The van der Waals surface area contributed by atoms with E-state index in [0.717, 1.165) is 48.8 Å². The predicted molar refractivity (Wildman–Crippen MR) is 141 cm³/mol. The fraction of sp³-hybridized carbons (Fsp3) is 0.423. The Hall–Kier alpha value is -2.98. The van der Waals surface area contributed by atoms with Crippen LogP contribution in [0.1, 0.15) is 47.2 Å². The zero-order valence-corrected chi connectivity index (χ0v) is 22.0. The van der Waals surface area contributed by atoms with E-state index in [-0.39, 0.29) is 23.5 Å². The van der Waals surface area contributed by atoms with E-state index < -0.39 is 11.7 Å². The molecular weight excluding hydrogens is 529 g/mol. The molecular formula is C26H33BrFN5O3. The first-order chi connectivity index (χ1) is 17.3. The molecule has 5 N–H and O–H groups in total. The highest BCUT2D eigenvalue weighted by atomic mass is 79.9. The Kier molecular flexibility index (Phi) is 10.2. The van der Waals surface area contributed by atoms with Crippen LogP contribution < -0.4 is 21.1 Å². The first-order valence-corrected chi connectivity index (χ1v) is 12.9. The monoisotopic (exact) mass is 561 g/mol. The van der Waals surface area contributed by atoms with Gasteiger partial charge in [0.25, 0.3) is 5.91 Å². The second kappa shape index (κ2) is 13.4. The molecule has 8 nitrogen and oxygen atoms in total. The second-order valence-corrected chi connectivity index (χ2v) is 9.70. The van der Waals surface area contributed by atoms with Crippen LogP contribution >= 0.6 is 15.9 Å². The molecule has 1 fully saturated rings. The number of hydrogen-bond acceptors (Lipinski definition) is 5. The molecule has 0 radical (unpaired) electrons. The maximum absolute atomic E-state index is 14.7. The van der Waals surface area contributed by atoms with Crippen molar-refractivity contribution < 1.29 is 18.7 Å². The number of nitrogens with zero attached hydrogens (tertiary/aromatic N) is 1. The Morgan fingerprint density at radius 3 is 2.81 bits per heavy atom. The molecule has 1 atom stereocenters. The maximum Gasteiger partial charge on any atom is 0.258 e. The molecule has 1 saturated heterocycles. The highest BCUT2D eigenvalue weighted by molar-refractivity contribution is 9.10. The van der Waals surface area contributed by atoms with Crippen molar-refractivity contribution in [1.29, 1.82) is 5.41 Å². The number of methoxy groups -OCH3 is 1. The van der Waals surface area contributed by atoms with E-state index in [0.29, 0.717) is 30.7 Å². The molecule has 1 unspecified atom stereocenters. The summed E-state index contributed by atoms with van der Waals surface area (Å²) in [7, 11) is 1.58. The summed E-state index contributed by atoms with van der Waals surface area (Å²) in [5.41, 5.74) is 6.83. The largest absolute Gasteiger partial charge is 0.496 e. The fourth-order valence-corrected chi connectivity index (χ4v) is 4.93. The molecule has 0 aliphatic carbocycles. The van der Waals surface area contributed by atoms with Gasteiger partial charge in [-0.3, -0.25) is 25.2 Å². The number of ether oxygens (including phenoxy) is 1. The van der Waals surface area contributed by atoms with E-state index >= 15 is 0 Å². The normalized spacial score (nSPS) is 15.5. The molecule has 0 bridgehead atoms. The number of halogens is 2. The minimum absolute atomic E-state index is 0.139. The van der Waals surface area contributed by atoms with Crippen LogP contribution in [0.5, 0.6) is 5.75 Å². The number of likely N-dealkylation sites (tertiary alicyclic amines) is 1. The van der Waals surface area contributed by atoms with Gasteiger partial charge in [0.2, 0.25) is 5.91 Å². The minimum atomic E-state index is -0.537. The zero-order chi connectivity index (χ0) is 26.1. The number of benzene rings is 2. The van der Waals surface area contributed by atoms with Gasteiger partial charge in [0.1, 0.15) is 11.6 Å². The maximum atomic E-state index is 14.7. The summed E-state index contributed by atoms with van der Waals surface area (Å²) < 4.78 is 21.0. The molecule has 0 aromatic heterocycles. The molecule has 3 rings (SSSR count). The molecule has 1 heterocycles. The average Bonchev–Trinajstić information content (AvgIpc) is 3.32. The van der Waals surface area contributed by atoms with Crippen molar-refractivity contribution in [2.45, 2.75) is 44.6 Å². The third-order valence-electron chi connectivity index (χ3n) is 6.35. The summed E-state index contributed by atoms with van der Waals surface area (Å²) in [6, 6.07) is 9.82. The van der Waals surface area contributed by atoms with Gasteiger partial charge in [-0.2, -0.15) is 0 Å². The Morgan fingerprint density at radius 1 is 1.25 bits per heavy atom. The lowest BCUT2D eigenvalue weighted by molar-refractivity contribution is -0.122. The van der Waals surface area contributed by atoms with Crippen LogP contribution in [-0.4, -0.2) is 55.5 Å². The number of nitrogens with two attached hydrogens (primary N) is 1. The SMILES string of the molecule is COc1ccc(Br)cc1CCc1c(F)cccc1C(=O)NC(=N)NCCCCN1CCCC1C(N)=O. The van der Waals surface area contributed by atoms with Gasteiger partial charge in [-0.25, -0.2) is 4.39 Å². The Labute approximate surface area is 219 Å². The summed E-state index contributed by atoms with van der Waals surface area (Å²) in [5, 5.41) is 13.5. The standard InChI is InChI=1S/C26H33BrFN5O3/c1-36-23-12-10-18(27)16-17(23)9-11-19-20(6-4-7-21(19)28)25(35)32-26(30)31-13-2-3-14-33-15-5-8-22(33)24(29)34/h4,6-7,10,12,16,22H,2-3,5,8-9,11,13-15H2,1H3,(H2,29,34)(H3,30,31,32,35). The average molecular weight is 562 g/mol. The highest BCUT2D eigenvalue weighted by Gasteiger charge is 2.28. The lowest BCUT2D eigenvalue weighted by Gasteiger charge is -2.21. The number of hydrogen-bond donors (Lipinski definition) is 4.